The third-order valence-corrected chi connectivity index (χ3v) is 3.82. The first kappa shape index (κ1) is 17.4. The van der Waals surface area contributed by atoms with Crippen molar-refractivity contribution >= 4 is 23.9 Å². The molecule has 1 aliphatic rings. The van der Waals surface area contributed by atoms with Crippen molar-refractivity contribution in [2.75, 3.05) is 13.6 Å². The summed E-state index contributed by atoms with van der Waals surface area (Å²) in [6, 6.07) is 3.70. The molecule has 1 atom stereocenters. The lowest BCUT2D eigenvalue weighted by Crippen LogP contribution is -2.46. The number of imide groups is 2. The predicted octanol–water partition coefficient (Wildman–Crippen LogP) is 0.438. The second-order valence-corrected chi connectivity index (χ2v) is 5.21. The minimum absolute atomic E-state index is 0.219. The molecule has 0 saturated carbocycles. The zero-order valence-electron chi connectivity index (χ0n) is 13.2. The number of hydrogen-bond donors (Lipinski definition) is 3. The van der Waals surface area contributed by atoms with Crippen molar-refractivity contribution in [2.45, 2.75) is 18.9 Å². The van der Waals surface area contributed by atoms with Crippen molar-refractivity contribution in [2.24, 2.45) is 0 Å². The summed E-state index contributed by atoms with van der Waals surface area (Å²) < 4.78 is 13.1. The van der Waals surface area contributed by atoms with E-state index in [1.54, 1.807) is 6.92 Å². The van der Waals surface area contributed by atoms with Gasteiger partial charge in [0.05, 0.1) is 0 Å². The van der Waals surface area contributed by atoms with E-state index in [1.807, 2.05) is 5.32 Å². The molecule has 8 nitrogen and oxygen atoms in total. The summed E-state index contributed by atoms with van der Waals surface area (Å²) in [7, 11) is 1.33. The van der Waals surface area contributed by atoms with E-state index in [9.17, 15) is 23.6 Å². The van der Waals surface area contributed by atoms with E-state index in [1.165, 1.54) is 31.3 Å². The first-order chi connectivity index (χ1) is 11.3. The summed E-state index contributed by atoms with van der Waals surface area (Å²) in [6.45, 7) is 1.09. The fourth-order valence-corrected chi connectivity index (χ4v) is 2.52. The number of amides is 6. The molecule has 0 spiro atoms. The molecule has 9 heteroatoms. The van der Waals surface area contributed by atoms with Gasteiger partial charge in [-0.05, 0) is 24.1 Å². The second kappa shape index (κ2) is 6.65. The van der Waals surface area contributed by atoms with Crippen LogP contribution in [0.3, 0.4) is 0 Å². The SMILES string of the molecule is CC[C@]1(c2ccc(F)cc2)NC(=O)N(CC(=O)NC(=O)NC)C1=O. The molecule has 1 aliphatic heterocycles. The molecule has 3 N–H and O–H groups in total. The van der Waals surface area contributed by atoms with Gasteiger partial charge in [-0.1, -0.05) is 19.1 Å². The summed E-state index contributed by atoms with van der Waals surface area (Å²) >= 11 is 0. The minimum Gasteiger partial charge on any atom is -0.341 e. The Hall–Kier alpha value is -2.97. The van der Waals surface area contributed by atoms with Crippen LogP contribution in [0.5, 0.6) is 0 Å². The average molecular weight is 336 g/mol. The highest BCUT2D eigenvalue weighted by molar-refractivity contribution is 6.10. The molecule has 0 bridgehead atoms. The molecule has 1 aromatic carbocycles. The summed E-state index contributed by atoms with van der Waals surface area (Å²) in [6.07, 6.45) is 0.219. The Morgan fingerprint density at radius 1 is 1.25 bits per heavy atom. The molecule has 1 fully saturated rings. The maximum Gasteiger partial charge on any atom is 0.325 e. The predicted molar refractivity (Wildman–Crippen MR) is 81.2 cm³/mol. The Bertz CT molecular complexity index is 691. The van der Waals surface area contributed by atoms with Crippen LogP contribution in [-0.4, -0.2) is 42.4 Å². The van der Waals surface area contributed by atoms with E-state index in [0.717, 1.165) is 4.90 Å². The van der Waals surface area contributed by atoms with Crippen molar-refractivity contribution in [1.82, 2.24) is 20.9 Å². The number of nitrogens with zero attached hydrogens (tertiary/aromatic N) is 1. The number of carbonyl (C=O) groups is 4. The first-order valence-electron chi connectivity index (χ1n) is 7.25. The topological polar surface area (TPSA) is 108 Å². The lowest BCUT2D eigenvalue weighted by Gasteiger charge is -2.25. The van der Waals surface area contributed by atoms with Crippen LogP contribution in [0.1, 0.15) is 18.9 Å². The smallest absolute Gasteiger partial charge is 0.325 e. The number of halogens is 1. The number of rotatable bonds is 4. The minimum atomic E-state index is -1.36. The Labute approximate surface area is 137 Å². The zero-order chi connectivity index (χ0) is 17.9. The summed E-state index contributed by atoms with van der Waals surface area (Å²) in [5.41, 5.74) is -0.947. The Balaban J connectivity index is 2.24. The molecule has 6 amide bonds. The van der Waals surface area contributed by atoms with Gasteiger partial charge in [0, 0.05) is 7.05 Å². The maximum absolute atomic E-state index is 13.1. The number of benzene rings is 1. The van der Waals surface area contributed by atoms with Gasteiger partial charge in [0.1, 0.15) is 17.9 Å². The van der Waals surface area contributed by atoms with Gasteiger partial charge in [-0.15, -0.1) is 0 Å². The first-order valence-corrected chi connectivity index (χ1v) is 7.25. The largest absolute Gasteiger partial charge is 0.341 e. The van der Waals surface area contributed by atoms with Crippen LogP contribution in [0.4, 0.5) is 14.0 Å². The number of carbonyl (C=O) groups excluding carboxylic acids is 4. The van der Waals surface area contributed by atoms with Gasteiger partial charge in [-0.2, -0.15) is 0 Å². The molecular formula is C15H17FN4O4. The standard InChI is InChI=1S/C15H17FN4O4/c1-3-15(9-4-6-10(16)7-5-9)12(22)20(14(24)19-15)8-11(21)18-13(23)17-2/h4-7H,3,8H2,1-2H3,(H,19,24)(H2,17,18,21,23)/t15-/m1/s1. The van der Waals surface area contributed by atoms with Gasteiger partial charge >= 0.3 is 12.1 Å². The van der Waals surface area contributed by atoms with Crippen molar-refractivity contribution in [1.29, 1.82) is 0 Å². The molecule has 0 unspecified atom stereocenters. The molecule has 1 heterocycles. The summed E-state index contributed by atoms with van der Waals surface area (Å²) in [5.74, 6) is -1.90. The maximum atomic E-state index is 13.1. The van der Waals surface area contributed by atoms with Crippen LogP contribution in [-0.2, 0) is 15.1 Å². The van der Waals surface area contributed by atoms with Crippen molar-refractivity contribution in [3.63, 3.8) is 0 Å². The van der Waals surface area contributed by atoms with Gasteiger partial charge in [0.15, 0.2) is 0 Å². The third-order valence-electron chi connectivity index (χ3n) is 3.82. The quantitative estimate of drug-likeness (QED) is 0.693. The molecule has 1 saturated heterocycles. The van der Waals surface area contributed by atoms with Crippen LogP contribution in [0.25, 0.3) is 0 Å². The summed E-state index contributed by atoms with van der Waals surface area (Å²) in [5, 5.41) is 6.73. The number of nitrogens with one attached hydrogen (secondary N) is 3. The van der Waals surface area contributed by atoms with Gasteiger partial charge < -0.3 is 10.6 Å². The van der Waals surface area contributed by atoms with E-state index < -0.39 is 41.8 Å². The fourth-order valence-electron chi connectivity index (χ4n) is 2.52. The summed E-state index contributed by atoms with van der Waals surface area (Å²) in [4.78, 5) is 48.4. The van der Waals surface area contributed by atoms with E-state index >= 15 is 0 Å². The Morgan fingerprint density at radius 2 is 1.88 bits per heavy atom. The van der Waals surface area contributed by atoms with E-state index in [4.69, 9.17) is 0 Å². The van der Waals surface area contributed by atoms with Crippen LogP contribution in [0, 0.1) is 5.82 Å². The third kappa shape index (κ3) is 3.05. The van der Waals surface area contributed by atoms with Gasteiger partial charge in [0.2, 0.25) is 5.91 Å². The van der Waals surface area contributed by atoms with Crippen LogP contribution >= 0.6 is 0 Å². The van der Waals surface area contributed by atoms with Crippen molar-refractivity contribution in [3.8, 4) is 0 Å². The zero-order valence-corrected chi connectivity index (χ0v) is 13.2. The molecule has 0 aliphatic carbocycles. The van der Waals surface area contributed by atoms with E-state index in [2.05, 4.69) is 10.6 Å². The van der Waals surface area contributed by atoms with Gasteiger partial charge in [0.25, 0.3) is 5.91 Å². The van der Waals surface area contributed by atoms with E-state index in [0.29, 0.717) is 5.56 Å². The average Bonchev–Trinajstić information content (AvgIpc) is 2.80. The monoisotopic (exact) mass is 336 g/mol. The van der Waals surface area contributed by atoms with Gasteiger partial charge in [-0.25, -0.2) is 14.0 Å². The van der Waals surface area contributed by atoms with Crippen LogP contribution in [0.15, 0.2) is 24.3 Å². The highest BCUT2D eigenvalue weighted by Gasteiger charge is 2.51. The Morgan fingerprint density at radius 3 is 2.42 bits per heavy atom. The highest BCUT2D eigenvalue weighted by atomic mass is 19.1. The fraction of sp³-hybridized carbons (Fsp3) is 0.333. The number of hydrogen-bond acceptors (Lipinski definition) is 4. The molecule has 24 heavy (non-hydrogen) atoms. The Kier molecular flexibility index (Phi) is 4.82. The molecule has 1 aromatic rings. The molecule has 128 valence electrons. The highest BCUT2D eigenvalue weighted by Crippen LogP contribution is 2.32. The van der Waals surface area contributed by atoms with Gasteiger partial charge in [-0.3, -0.25) is 19.8 Å². The van der Waals surface area contributed by atoms with Crippen molar-refractivity contribution in [3.05, 3.63) is 35.6 Å². The van der Waals surface area contributed by atoms with Crippen LogP contribution < -0.4 is 16.0 Å². The second-order valence-electron chi connectivity index (χ2n) is 5.21. The van der Waals surface area contributed by atoms with E-state index in [-0.39, 0.29) is 6.42 Å². The molecule has 2 rings (SSSR count). The number of urea groups is 2. The lowest BCUT2D eigenvalue weighted by molar-refractivity contribution is -0.135. The molecular weight excluding hydrogens is 319 g/mol. The molecule has 0 aromatic heterocycles. The normalized spacial score (nSPS) is 19.9. The molecule has 0 radical (unpaired) electrons. The lowest BCUT2D eigenvalue weighted by atomic mass is 9.87. The van der Waals surface area contributed by atoms with Crippen molar-refractivity contribution < 1.29 is 23.6 Å². The van der Waals surface area contributed by atoms with Crippen LogP contribution in [0.2, 0.25) is 0 Å².